The van der Waals surface area contributed by atoms with Crippen LogP contribution in [0, 0.1) is 0 Å². The van der Waals surface area contributed by atoms with Crippen LogP contribution in [0.1, 0.15) is 32.3 Å². The van der Waals surface area contributed by atoms with Crippen LogP contribution in [0.5, 0.6) is 0 Å². The predicted molar refractivity (Wildman–Crippen MR) is 111 cm³/mol. The van der Waals surface area contributed by atoms with Gasteiger partial charge in [-0.3, -0.25) is 9.59 Å². The molecule has 0 saturated carbocycles. The summed E-state index contributed by atoms with van der Waals surface area (Å²) < 4.78 is 0. The summed E-state index contributed by atoms with van der Waals surface area (Å²) in [6.45, 7) is 9.95. The Bertz CT molecular complexity index is 735. The molecule has 3 aliphatic heterocycles. The van der Waals surface area contributed by atoms with Gasteiger partial charge in [0.15, 0.2) is 0 Å². The maximum Gasteiger partial charge on any atom is 0.243 e. The SMILES string of the molecule is CCN1CCN(c2ccc(CNC(=O)[C@@H]3CS[C@]4(C)CCC(=O)N34)cn2)CC1. The summed E-state index contributed by atoms with van der Waals surface area (Å²) >= 11 is 1.72. The average Bonchev–Trinajstić information content (AvgIpc) is 3.22. The van der Waals surface area contributed by atoms with Crippen LogP contribution in [0.15, 0.2) is 18.3 Å². The quantitative estimate of drug-likeness (QED) is 0.799. The number of fused-ring (bicyclic) bond motifs is 1. The number of hydrogen-bond donors (Lipinski definition) is 1. The molecule has 0 spiro atoms. The fourth-order valence-corrected chi connectivity index (χ4v) is 5.76. The van der Waals surface area contributed by atoms with Gasteiger partial charge in [0.05, 0.1) is 4.87 Å². The third-order valence-corrected chi connectivity index (χ3v) is 7.67. The molecule has 4 heterocycles. The van der Waals surface area contributed by atoms with Gasteiger partial charge in [0.2, 0.25) is 11.8 Å². The van der Waals surface area contributed by atoms with Crippen molar-refractivity contribution in [2.75, 3.05) is 43.4 Å². The van der Waals surface area contributed by atoms with Gasteiger partial charge in [-0.05, 0) is 31.5 Å². The van der Waals surface area contributed by atoms with Crippen molar-refractivity contribution in [1.29, 1.82) is 0 Å². The molecule has 2 atom stereocenters. The minimum absolute atomic E-state index is 0.0637. The molecule has 1 N–H and O–H groups in total. The highest BCUT2D eigenvalue weighted by molar-refractivity contribution is 8.01. The minimum atomic E-state index is -0.355. The number of piperazine rings is 1. The zero-order valence-electron chi connectivity index (χ0n) is 16.7. The maximum atomic E-state index is 12.7. The molecule has 0 radical (unpaired) electrons. The lowest BCUT2D eigenvalue weighted by Gasteiger charge is -2.34. The van der Waals surface area contributed by atoms with E-state index in [-0.39, 0.29) is 22.7 Å². The van der Waals surface area contributed by atoms with Gasteiger partial charge >= 0.3 is 0 Å². The van der Waals surface area contributed by atoms with Crippen LogP contribution >= 0.6 is 11.8 Å². The summed E-state index contributed by atoms with van der Waals surface area (Å²) in [5, 5.41) is 3.00. The predicted octanol–water partition coefficient (Wildman–Crippen LogP) is 1.29. The number of amides is 2. The molecule has 2 amide bonds. The van der Waals surface area contributed by atoms with E-state index in [2.05, 4.69) is 33.9 Å². The number of carbonyl (C=O) groups excluding carboxylic acids is 2. The number of thioether (sulfide) groups is 1. The third kappa shape index (κ3) is 3.72. The Balaban J connectivity index is 1.31. The number of likely N-dealkylation sites (N-methyl/N-ethyl adjacent to an activating group) is 1. The van der Waals surface area contributed by atoms with Gasteiger partial charge in [-0.25, -0.2) is 4.98 Å². The van der Waals surface area contributed by atoms with Gasteiger partial charge in [-0.15, -0.1) is 11.8 Å². The van der Waals surface area contributed by atoms with Gasteiger partial charge < -0.3 is 20.0 Å². The molecule has 28 heavy (non-hydrogen) atoms. The first-order chi connectivity index (χ1) is 13.5. The van der Waals surface area contributed by atoms with Crippen LogP contribution in [0.3, 0.4) is 0 Å². The number of rotatable bonds is 5. The van der Waals surface area contributed by atoms with Gasteiger partial charge in [0.1, 0.15) is 11.9 Å². The number of carbonyl (C=O) groups is 2. The highest BCUT2D eigenvalue weighted by Crippen LogP contribution is 2.47. The van der Waals surface area contributed by atoms with Crippen molar-refractivity contribution >= 4 is 29.4 Å². The van der Waals surface area contributed by atoms with Crippen LogP contribution in [-0.2, 0) is 16.1 Å². The van der Waals surface area contributed by atoms with Crippen LogP contribution in [0.2, 0.25) is 0 Å². The fourth-order valence-electron chi connectivity index (χ4n) is 4.32. The first-order valence-electron chi connectivity index (χ1n) is 10.2. The van der Waals surface area contributed by atoms with E-state index in [9.17, 15) is 9.59 Å². The molecule has 3 fully saturated rings. The number of aromatic nitrogens is 1. The normalized spacial score (nSPS) is 27.9. The maximum absolute atomic E-state index is 12.7. The van der Waals surface area contributed by atoms with Crippen molar-refractivity contribution in [3.05, 3.63) is 23.9 Å². The molecular weight excluding hydrogens is 374 g/mol. The fraction of sp³-hybridized carbons (Fsp3) is 0.650. The minimum Gasteiger partial charge on any atom is -0.354 e. The summed E-state index contributed by atoms with van der Waals surface area (Å²) in [4.78, 5) is 35.8. The van der Waals surface area contributed by atoms with Crippen LogP contribution in [-0.4, -0.2) is 76.0 Å². The number of nitrogens with one attached hydrogen (secondary N) is 1. The second kappa shape index (κ2) is 7.91. The van der Waals surface area contributed by atoms with Crippen molar-refractivity contribution in [2.45, 2.75) is 44.1 Å². The molecule has 7 nitrogen and oxygen atoms in total. The molecule has 0 aliphatic carbocycles. The lowest BCUT2D eigenvalue weighted by atomic mass is 10.2. The molecule has 3 saturated heterocycles. The standard InChI is InChI=1S/C20H29N5O2S/c1-3-23-8-10-24(11-9-23)17-5-4-15(12-21-17)13-22-19(27)16-14-28-20(2)7-6-18(26)25(16)20/h4-5,12,16H,3,6-11,13-14H2,1-2H3,(H,22,27)/t16-,20+/m0/s1. The van der Waals surface area contributed by atoms with Crippen LogP contribution in [0.4, 0.5) is 5.82 Å². The Hall–Kier alpha value is -1.80. The molecule has 0 bridgehead atoms. The monoisotopic (exact) mass is 403 g/mol. The second-order valence-electron chi connectivity index (χ2n) is 7.93. The first-order valence-corrected chi connectivity index (χ1v) is 11.1. The molecule has 4 rings (SSSR count). The highest BCUT2D eigenvalue weighted by Gasteiger charge is 2.52. The average molecular weight is 404 g/mol. The molecule has 152 valence electrons. The number of anilines is 1. The largest absolute Gasteiger partial charge is 0.354 e. The van der Waals surface area contributed by atoms with Crippen molar-refractivity contribution in [3.8, 4) is 0 Å². The Morgan fingerprint density at radius 3 is 2.79 bits per heavy atom. The molecule has 1 aromatic rings. The van der Waals surface area contributed by atoms with E-state index in [4.69, 9.17) is 0 Å². The van der Waals surface area contributed by atoms with E-state index in [0.717, 1.165) is 50.5 Å². The molecule has 1 aromatic heterocycles. The summed E-state index contributed by atoms with van der Waals surface area (Å²) in [6.07, 6.45) is 3.22. The Labute approximate surface area is 170 Å². The molecule has 0 unspecified atom stereocenters. The molecular formula is C20H29N5O2S. The summed E-state index contributed by atoms with van der Waals surface area (Å²) in [5.74, 6) is 1.71. The topological polar surface area (TPSA) is 68.8 Å². The van der Waals surface area contributed by atoms with Crippen LogP contribution in [0.25, 0.3) is 0 Å². The van der Waals surface area contributed by atoms with E-state index in [1.54, 1.807) is 16.7 Å². The van der Waals surface area contributed by atoms with Gasteiger partial charge in [0.25, 0.3) is 0 Å². The number of hydrogen-bond acceptors (Lipinski definition) is 6. The van der Waals surface area contributed by atoms with Crippen LogP contribution < -0.4 is 10.2 Å². The zero-order chi connectivity index (χ0) is 19.7. The van der Waals surface area contributed by atoms with E-state index in [0.29, 0.717) is 18.7 Å². The highest BCUT2D eigenvalue weighted by atomic mass is 32.2. The summed E-state index contributed by atoms with van der Waals surface area (Å²) in [6, 6.07) is 3.71. The van der Waals surface area contributed by atoms with E-state index < -0.39 is 0 Å². The lowest BCUT2D eigenvalue weighted by molar-refractivity contribution is -0.138. The molecule has 0 aromatic carbocycles. The summed E-state index contributed by atoms with van der Waals surface area (Å²) in [7, 11) is 0. The molecule has 3 aliphatic rings. The molecule has 8 heteroatoms. The van der Waals surface area contributed by atoms with Crippen molar-refractivity contribution in [1.82, 2.24) is 20.1 Å². The van der Waals surface area contributed by atoms with Crippen molar-refractivity contribution in [3.63, 3.8) is 0 Å². The second-order valence-corrected chi connectivity index (χ2v) is 9.43. The van der Waals surface area contributed by atoms with Gasteiger partial charge in [-0.1, -0.05) is 13.0 Å². The zero-order valence-corrected chi connectivity index (χ0v) is 17.5. The first kappa shape index (κ1) is 19.5. The third-order valence-electron chi connectivity index (χ3n) is 6.17. The van der Waals surface area contributed by atoms with Crippen molar-refractivity contribution < 1.29 is 9.59 Å². The lowest BCUT2D eigenvalue weighted by Crippen LogP contribution is -2.49. The number of nitrogens with zero attached hydrogens (tertiary/aromatic N) is 4. The van der Waals surface area contributed by atoms with E-state index >= 15 is 0 Å². The van der Waals surface area contributed by atoms with Gasteiger partial charge in [0, 0.05) is 51.1 Å². The van der Waals surface area contributed by atoms with Crippen molar-refractivity contribution in [2.24, 2.45) is 0 Å². The Morgan fingerprint density at radius 2 is 2.11 bits per heavy atom. The smallest absolute Gasteiger partial charge is 0.243 e. The van der Waals surface area contributed by atoms with Gasteiger partial charge in [-0.2, -0.15) is 0 Å². The Morgan fingerprint density at radius 1 is 1.32 bits per heavy atom. The summed E-state index contributed by atoms with van der Waals surface area (Å²) in [5.41, 5.74) is 0.977. The number of pyridine rings is 1. The van der Waals surface area contributed by atoms with E-state index in [1.807, 2.05) is 18.3 Å². The van der Waals surface area contributed by atoms with E-state index in [1.165, 1.54) is 0 Å². The Kier molecular flexibility index (Phi) is 5.51.